The topological polar surface area (TPSA) is 61.5 Å². The lowest BCUT2D eigenvalue weighted by Crippen LogP contribution is -2.15. The number of rotatable bonds is 6. The standard InChI is InChI=1S/C12H17NO3/c1-2-3-8-15-12(14)9-16-11-7-5-4-6-10(11)13/h4-7H,2-3,8-9,13H2,1H3. The van der Waals surface area contributed by atoms with Crippen molar-refractivity contribution in [2.24, 2.45) is 0 Å². The molecule has 0 aliphatic carbocycles. The largest absolute Gasteiger partial charge is 0.480 e. The van der Waals surface area contributed by atoms with E-state index < -0.39 is 0 Å². The molecule has 0 unspecified atom stereocenters. The molecule has 0 heterocycles. The molecule has 0 radical (unpaired) electrons. The summed E-state index contributed by atoms with van der Waals surface area (Å²) in [5.41, 5.74) is 6.17. The van der Waals surface area contributed by atoms with Crippen LogP contribution in [0.3, 0.4) is 0 Å². The number of carbonyl (C=O) groups is 1. The lowest BCUT2D eigenvalue weighted by molar-refractivity contribution is -0.146. The maximum Gasteiger partial charge on any atom is 0.344 e. The Morgan fingerprint density at radius 2 is 2.12 bits per heavy atom. The molecule has 0 spiro atoms. The summed E-state index contributed by atoms with van der Waals surface area (Å²) in [6.07, 6.45) is 1.87. The monoisotopic (exact) mass is 223 g/mol. The highest BCUT2D eigenvalue weighted by molar-refractivity contribution is 5.71. The minimum absolute atomic E-state index is 0.0993. The number of esters is 1. The van der Waals surface area contributed by atoms with E-state index in [-0.39, 0.29) is 12.6 Å². The van der Waals surface area contributed by atoms with Crippen LogP contribution in [-0.2, 0) is 9.53 Å². The first kappa shape index (κ1) is 12.4. The Balaban J connectivity index is 2.29. The zero-order chi connectivity index (χ0) is 11.8. The van der Waals surface area contributed by atoms with Gasteiger partial charge in [-0.1, -0.05) is 25.5 Å². The van der Waals surface area contributed by atoms with Crippen molar-refractivity contribution in [2.45, 2.75) is 19.8 Å². The van der Waals surface area contributed by atoms with Gasteiger partial charge in [-0.3, -0.25) is 0 Å². The van der Waals surface area contributed by atoms with Gasteiger partial charge in [0.15, 0.2) is 6.61 Å². The molecule has 0 bridgehead atoms. The van der Waals surface area contributed by atoms with E-state index in [1.54, 1.807) is 18.2 Å². The van der Waals surface area contributed by atoms with Gasteiger partial charge in [-0.15, -0.1) is 0 Å². The lowest BCUT2D eigenvalue weighted by Gasteiger charge is -2.08. The van der Waals surface area contributed by atoms with Crippen LogP contribution < -0.4 is 10.5 Å². The van der Waals surface area contributed by atoms with Crippen molar-refractivity contribution in [2.75, 3.05) is 18.9 Å². The van der Waals surface area contributed by atoms with Crippen LogP contribution >= 0.6 is 0 Å². The van der Waals surface area contributed by atoms with Gasteiger partial charge in [-0.05, 0) is 18.6 Å². The Hall–Kier alpha value is -1.71. The van der Waals surface area contributed by atoms with Gasteiger partial charge in [0.2, 0.25) is 0 Å². The maximum atomic E-state index is 11.2. The lowest BCUT2D eigenvalue weighted by atomic mass is 10.3. The Labute approximate surface area is 95.3 Å². The molecule has 0 atom stereocenters. The minimum atomic E-state index is -0.364. The van der Waals surface area contributed by atoms with Crippen molar-refractivity contribution in [1.82, 2.24) is 0 Å². The average molecular weight is 223 g/mol. The fourth-order valence-corrected chi connectivity index (χ4v) is 1.12. The number of hydrogen-bond donors (Lipinski definition) is 1. The zero-order valence-electron chi connectivity index (χ0n) is 9.44. The van der Waals surface area contributed by atoms with Crippen LogP contribution in [0.15, 0.2) is 24.3 Å². The number of benzene rings is 1. The van der Waals surface area contributed by atoms with Gasteiger partial charge in [-0.2, -0.15) is 0 Å². The third kappa shape index (κ3) is 4.21. The first-order chi connectivity index (χ1) is 7.74. The van der Waals surface area contributed by atoms with Crippen LogP contribution in [-0.4, -0.2) is 19.2 Å². The molecular weight excluding hydrogens is 206 g/mol. The average Bonchev–Trinajstić information content (AvgIpc) is 2.28. The van der Waals surface area contributed by atoms with Crippen LogP contribution in [0, 0.1) is 0 Å². The van der Waals surface area contributed by atoms with E-state index in [4.69, 9.17) is 15.2 Å². The van der Waals surface area contributed by atoms with Crippen molar-refractivity contribution in [1.29, 1.82) is 0 Å². The highest BCUT2D eigenvalue weighted by Gasteiger charge is 2.05. The summed E-state index contributed by atoms with van der Waals surface area (Å²) in [6.45, 7) is 2.38. The summed E-state index contributed by atoms with van der Waals surface area (Å²) in [5.74, 6) is 0.145. The van der Waals surface area contributed by atoms with E-state index in [9.17, 15) is 4.79 Å². The maximum absolute atomic E-state index is 11.2. The molecule has 0 aromatic heterocycles. The second-order valence-corrected chi connectivity index (χ2v) is 3.40. The Bertz CT molecular complexity index is 339. The third-order valence-electron chi connectivity index (χ3n) is 2.03. The fourth-order valence-electron chi connectivity index (χ4n) is 1.12. The van der Waals surface area contributed by atoms with Crippen LogP contribution in [0.5, 0.6) is 5.75 Å². The van der Waals surface area contributed by atoms with Gasteiger partial charge in [0.1, 0.15) is 5.75 Å². The van der Waals surface area contributed by atoms with Crippen molar-refractivity contribution >= 4 is 11.7 Å². The molecule has 0 saturated heterocycles. The molecule has 0 amide bonds. The summed E-state index contributed by atoms with van der Waals surface area (Å²) in [6, 6.07) is 7.04. The summed E-state index contributed by atoms with van der Waals surface area (Å²) >= 11 is 0. The van der Waals surface area contributed by atoms with E-state index in [1.807, 2.05) is 13.0 Å². The van der Waals surface area contributed by atoms with Crippen LogP contribution in [0.1, 0.15) is 19.8 Å². The van der Waals surface area contributed by atoms with E-state index in [1.165, 1.54) is 0 Å². The summed E-state index contributed by atoms with van der Waals surface area (Å²) in [4.78, 5) is 11.2. The van der Waals surface area contributed by atoms with Gasteiger partial charge in [0.25, 0.3) is 0 Å². The normalized spacial score (nSPS) is 9.81. The highest BCUT2D eigenvalue weighted by atomic mass is 16.6. The highest BCUT2D eigenvalue weighted by Crippen LogP contribution is 2.19. The van der Waals surface area contributed by atoms with Gasteiger partial charge in [0, 0.05) is 0 Å². The molecule has 1 aromatic rings. The van der Waals surface area contributed by atoms with E-state index in [2.05, 4.69) is 0 Å². The van der Waals surface area contributed by atoms with Gasteiger partial charge >= 0.3 is 5.97 Å². The molecule has 0 aliphatic heterocycles. The Kier molecular flexibility index (Phi) is 5.19. The number of unbranched alkanes of at least 4 members (excludes halogenated alkanes) is 1. The molecule has 2 N–H and O–H groups in total. The van der Waals surface area contributed by atoms with Crippen molar-refractivity contribution in [3.8, 4) is 5.75 Å². The molecule has 0 saturated carbocycles. The first-order valence-electron chi connectivity index (χ1n) is 5.37. The third-order valence-corrected chi connectivity index (χ3v) is 2.03. The number of nitrogens with two attached hydrogens (primary N) is 1. The molecule has 1 aromatic carbocycles. The van der Waals surface area contributed by atoms with E-state index in [0.29, 0.717) is 18.0 Å². The SMILES string of the molecule is CCCCOC(=O)COc1ccccc1N. The summed E-state index contributed by atoms with van der Waals surface area (Å²) in [7, 11) is 0. The quantitative estimate of drug-likeness (QED) is 0.455. The smallest absolute Gasteiger partial charge is 0.344 e. The molecule has 4 heteroatoms. The number of anilines is 1. The van der Waals surface area contributed by atoms with Gasteiger partial charge in [-0.25, -0.2) is 4.79 Å². The minimum Gasteiger partial charge on any atom is -0.480 e. The number of para-hydroxylation sites is 2. The molecule has 0 fully saturated rings. The summed E-state index contributed by atoms with van der Waals surface area (Å²) < 4.78 is 10.2. The molecular formula is C12H17NO3. The van der Waals surface area contributed by atoms with E-state index >= 15 is 0 Å². The Morgan fingerprint density at radius 3 is 2.81 bits per heavy atom. The van der Waals surface area contributed by atoms with Crippen molar-refractivity contribution in [3.63, 3.8) is 0 Å². The molecule has 1 rings (SSSR count). The summed E-state index contributed by atoms with van der Waals surface area (Å²) in [5, 5.41) is 0. The van der Waals surface area contributed by atoms with Crippen molar-refractivity contribution in [3.05, 3.63) is 24.3 Å². The van der Waals surface area contributed by atoms with Crippen LogP contribution in [0.25, 0.3) is 0 Å². The van der Waals surface area contributed by atoms with Gasteiger partial charge in [0.05, 0.1) is 12.3 Å². The number of ether oxygens (including phenoxy) is 2. The second-order valence-electron chi connectivity index (χ2n) is 3.40. The first-order valence-corrected chi connectivity index (χ1v) is 5.37. The fraction of sp³-hybridized carbons (Fsp3) is 0.417. The second kappa shape index (κ2) is 6.71. The predicted molar refractivity (Wildman–Crippen MR) is 62.2 cm³/mol. The van der Waals surface area contributed by atoms with Gasteiger partial charge < -0.3 is 15.2 Å². The number of nitrogen functional groups attached to an aromatic ring is 1. The Morgan fingerprint density at radius 1 is 1.38 bits per heavy atom. The molecule has 0 aliphatic rings. The van der Waals surface area contributed by atoms with Crippen LogP contribution in [0.4, 0.5) is 5.69 Å². The zero-order valence-corrected chi connectivity index (χ0v) is 9.44. The molecule has 16 heavy (non-hydrogen) atoms. The predicted octanol–water partition coefficient (Wildman–Crippen LogP) is 1.99. The number of carbonyl (C=O) groups excluding carboxylic acids is 1. The van der Waals surface area contributed by atoms with E-state index in [0.717, 1.165) is 12.8 Å². The molecule has 4 nitrogen and oxygen atoms in total. The van der Waals surface area contributed by atoms with Crippen LogP contribution in [0.2, 0.25) is 0 Å². The van der Waals surface area contributed by atoms with Crippen molar-refractivity contribution < 1.29 is 14.3 Å². The number of hydrogen-bond acceptors (Lipinski definition) is 4. The molecule has 88 valence electrons.